The van der Waals surface area contributed by atoms with Crippen molar-refractivity contribution in [2.24, 2.45) is 0 Å². The van der Waals surface area contributed by atoms with Crippen LogP contribution in [-0.4, -0.2) is 32.2 Å². The van der Waals surface area contributed by atoms with Crippen LogP contribution in [-0.2, 0) is 11.2 Å². The van der Waals surface area contributed by atoms with Gasteiger partial charge in [0.05, 0.1) is 39.5 Å². The van der Waals surface area contributed by atoms with Gasteiger partial charge < -0.3 is 23.9 Å². The Morgan fingerprint density at radius 1 is 1.13 bits per heavy atom. The summed E-state index contributed by atoms with van der Waals surface area (Å²) in [5, 5.41) is 12.4. The van der Waals surface area contributed by atoms with Crippen LogP contribution in [0.25, 0.3) is 11.5 Å². The molecule has 1 atom stereocenters. The molecule has 160 valence electrons. The Labute approximate surface area is 180 Å². The molecule has 0 radical (unpaired) electrons. The highest BCUT2D eigenvalue weighted by Gasteiger charge is 2.22. The van der Waals surface area contributed by atoms with Crippen LogP contribution in [0.3, 0.4) is 0 Å². The summed E-state index contributed by atoms with van der Waals surface area (Å²) in [7, 11) is 4.46. The fraction of sp³-hybridized carbons (Fsp3) is 0.261. The Bertz CT molecular complexity index is 1080. The molecule has 1 N–H and O–H groups in total. The second kappa shape index (κ2) is 9.67. The zero-order valence-corrected chi connectivity index (χ0v) is 17.8. The van der Waals surface area contributed by atoms with E-state index in [0.717, 1.165) is 5.56 Å². The van der Waals surface area contributed by atoms with Crippen LogP contribution >= 0.6 is 0 Å². The van der Waals surface area contributed by atoms with E-state index in [2.05, 4.69) is 16.4 Å². The highest BCUT2D eigenvalue weighted by atomic mass is 16.5. The maximum absolute atomic E-state index is 12.7. The van der Waals surface area contributed by atoms with Gasteiger partial charge in [-0.2, -0.15) is 5.26 Å². The zero-order valence-electron chi connectivity index (χ0n) is 17.8. The Hall–Kier alpha value is -3.99. The van der Waals surface area contributed by atoms with Crippen molar-refractivity contribution in [1.82, 2.24) is 10.3 Å². The third kappa shape index (κ3) is 4.78. The highest BCUT2D eigenvalue weighted by Crippen LogP contribution is 2.39. The van der Waals surface area contributed by atoms with Gasteiger partial charge in [-0.15, -0.1) is 0 Å². The lowest BCUT2D eigenvalue weighted by atomic mass is 10.1. The summed E-state index contributed by atoms with van der Waals surface area (Å²) in [4.78, 5) is 17.1. The highest BCUT2D eigenvalue weighted by molar-refractivity contribution is 5.79. The summed E-state index contributed by atoms with van der Waals surface area (Å²) in [5.74, 6) is 1.83. The molecule has 8 nitrogen and oxygen atoms in total. The molecule has 1 amide bonds. The number of aryl methyl sites for hydroxylation is 1. The first kappa shape index (κ1) is 21.7. The fourth-order valence-electron chi connectivity index (χ4n) is 3.12. The van der Waals surface area contributed by atoms with Gasteiger partial charge in [0, 0.05) is 5.56 Å². The van der Waals surface area contributed by atoms with Crippen molar-refractivity contribution >= 4 is 5.91 Å². The molecule has 3 aromatic rings. The van der Waals surface area contributed by atoms with Gasteiger partial charge in [0.1, 0.15) is 11.8 Å². The average Bonchev–Trinajstić information content (AvgIpc) is 3.16. The standard InChI is InChI=1S/C23H23N3O5/c1-14-17(26-23(31-14)15-8-6-5-7-9-15)12-21(27)25-18(13-24)16-10-19(28-2)22(30-4)20(11-16)29-3/h5-11,18H,12H2,1-4H3,(H,25,27). The second-order valence-corrected chi connectivity index (χ2v) is 6.65. The Balaban J connectivity index is 1.78. The second-order valence-electron chi connectivity index (χ2n) is 6.65. The molecular formula is C23H23N3O5. The Morgan fingerprint density at radius 2 is 1.77 bits per heavy atom. The van der Waals surface area contributed by atoms with E-state index in [1.807, 2.05) is 30.3 Å². The third-order valence-corrected chi connectivity index (χ3v) is 4.70. The Kier molecular flexibility index (Phi) is 6.78. The first-order chi connectivity index (χ1) is 15.0. The van der Waals surface area contributed by atoms with Crippen molar-refractivity contribution in [3.63, 3.8) is 0 Å². The van der Waals surface area contributed by atoms with E-state index in [-0.39, 0.29) is 12.3 Å². The quantitative estimate of drug-likeness (QED) is 0.592. The summed E-state index contributed by atoms with van der Waals surface area (Å²) in [5.41, 5.74) is 1.84. The van der Waals surface area contributed by atoms with Crippen molar-refractivity contribution < 1.29 is 23.4 Å². The summed E-state index contributed by atoms with van der Waals surface area (Å²) >= 11 is 0. The van der Waals surface area contributed by atoms with E-state index in [9.17, 15) is 10.1 Å². The lowest BCUT2D eigenvalue weighted by Crippen LogP contribution is -2.29. The van der Waals surface area contributed by atoms with Crippen molar-refractivity contribution in [3.05, 3.63) is 59.5 Å². The van der Waals surface area contributed by atoms with Crippen molar-refractivity contribution in [2.45, 2.75) is 19.4 Å². The lowest BCUT2D eigenvalue weighted by Gasteiger charge is -2.17. The molecule has 1 unspecified atom stereocenters. The molecule has 31 heavy (non-hydrogen) atoms. The normalized spacial score (nSPS) is 11.3. The van der Waals surface area contributed by atoms with E-state index in [4.69, 9.17) is 18.6 Å². The molecule has 0 aliphatic carbocycles. The molecule has 0 bridgehead atoms. The van der Waals surface area contributed by atoms with E-state index >= 15 is 0 Å². The topological polar surface area (TPSA) is 107 Å². The maximum Gasteiger partial charge on any atom is 0.227 e. The molecule has 1 heterocycles. The summed E-state index contributed by atoms with van der Waals surface area (Å²) < 4.78 is 21.7. The minimum atomic E-state index is -0.915. The van der Waals surface area contributed by atoms with Crippen LogP contribution in [0.5, 0.6) is 17.2 Å². The number of carbonyl (C=O) groups excluding carboxylic acids is 1. The summed E-state index contributed by atoms with van der Waals surface area (Å²) in [6, 6.07) is 13.9. The molecule has 0 saturated heterocycles. The minimum absolute atomic E-state index is 0.0230. The molecule has 0 spiro atoms. The van der Waals surface area contributed by atoms with E-state index in [1.54, 1.807) is 19.1 Å². The van der Waals surface area contributed by atoms with Crippen molar-refractivity contribution in [3.8, 4) is 34.8 Å². The van der Waals surface area contributed by atoms with Crippen LogP contribution < -0.4 is 19.5 Å². The predicted molar refractivity (Wildman–Crippen MR) is 113 cm³/mol. The largest absolute Gasteiger partial charge is 0.493 e. The molecule has 2 aromatic carbocycles. The van der Waals surface area contributed by atoms with Crippen LogP contribution in [0.15, 0.2) is 46.9 Å². The number of aromatic nitrogens is 1. The number of hydrogen-bond donors (Lipinski definition) is 1. The number of ether oxygens (including phenoxy) is 3. The zero-order chi connectivity index (χ0) is 22.4. The van der Waals surface area contributed by atoms with Gasteiger partial charge in [0.2, 0.25) is 17.5 Å². The molecule has 0 fully saturated rings. The van der Waals surface area contributed by atoms with Crippen LogP contribution in [0.1, 0.15) is 23.1 Å². The number of nitriles is 1. The van der Waals surface area contributed by atoms with E-state index in [1.165, 1.54) is 21.3 Å². The molecule has 3 rings (SSSR count). The molecule has 0 aliphatic heterocycles. The van der Waals surface area contributed by atoms with Crippen molar-refractivity contribution in [2.75, 3.05) is 21.3 Å². The monoisotopic (exact) mass is 421 g/mol. The number of oxazole rings is 1. The number of methoxy groups -OCH3 is 3. The minimum Gasteiger partial charge on any atom is -0.493 e. The van der Waals surface area contributed by atoms with Crippen LogP contribution in [0, 0.1) is 18.3 Å². The number of nitrogens with zero attached hydrogens (tertiary/aromatic N) is 2. The molecule has 0 aliphatic rings. The number of amides is 1. The van der Waals surface area contributed by atoms with Crippen molar-refractivity contribution in [1.29, 1.82) is 5.26 Å². The molecule has 0 saturated carbocycles. The van der Waals surface area contributed by atoms with Gasteiger partial charge in [0.15, 0.2) is 11.5 Å². The van der Waals surface area contributed by atoms with Gasteiger partial charge >= 0.3 is 0 Å². The number of benzene rings is 2. The number of carbonyl (C=O) groups is 1. The lowest BCUT2D eigenvalue weighted by molar-refractivity contribution is -0.120. The number of hydrogen-bond acceptors (Lipinski definition) is 7. The van der Waals surface area contributed by atoms with Crippen LogP contribution in [0.4, 0.5) is 0 Å². The number of rotatable bonds is 8. The summed E-state index contributed by atoms with van der Waals surface area (Å²) in [6.45, 7) is 1.75. The van der Waals surface area contributed by atoms with Gasteiger partial charge in [-0.25, -0.2) is 4.98 Å². The SMILES string of the molecule is COc1cc(C(C#N)NC(=O)Cc2nc(-c3ccccc3)oc2C)cc(OC)c1OC. The first-order valence-electron chi connectivity index (χ1n) is 9.51. The first-order valence-corrected chi connectivity index (χ1v) is 9.51. The Morgan fingerprint density at radius 3 is 2.32 bits per heavy atom. The van der Waals surface area contributed by atoms with Gasteiger partial charge in [-0.3, -0.25) is 4.79 Å². The molecular weight excluding hydrogens is 398 g/mol. The smallest absolute Gasteiger partial charge is 0.227 e. The average molecular weight is 421 g/mol. The van der Waals surface area contributed by atoms with Crippen LogP contribution in [0.2, 0.25) is 0 Å². The van der Waals surface area contributed by atoms with E-state index < -0.39 is 6.04 Å². The molecule has 8 heteroatoms. The third-order valence-electron chi connectivity index (χ3n) is 4.70. The molecule has 1 aromatic heterocycles. The van der Waals surface area contributed by atoms with Gasteiger partial charge in [-0.1, -0.05) is 18.2 Å². The van der Waals surface area contributed by atoms with Gasteiger partial charge in [-0.05, 0) is 36.8 Å². The maximum atomic E-state index is 12.7. The van der Waals surface area contributed by atoms with E-state index in [0.29, 0.717) is 40.2 Å². The summed E-state index contributed by atoms with van der Waals surface area (Å²) in [6.07, 6.45) is -0.0230. The predicted octanol–water partition coefficient (Wildman–Crippen LogP) is 3.60. The fourth-order valence-corrected chi connectivity index (χ4v) is 3.12. The number of nitrogens with one attached hydrogen (secondary N) is 1. The van der Waals surface area contributed by atoms with Gasteiger partial charge in [0.25, 0.3) is 0 Å².